The number of aliphatic imine (C=N–C) groups is 1. The number of nitrogens with zero attached hydrogens (tertiary/aromatic N) is 1. The maximum absolute atomic E-state index is 5.41. The van der Waals surface area contributed by atoms with Crippen molar-refractivity contribution in [2.24, 2.45) is 16.8 Å². The highest BCUT2D eigenvalue weighted by Crippen LogP contribution is 2.14. The highest BCUT2D eigenvalue weighted by Gasteiger charge is 2.18. The Kier molecular flexibility index (Phi) is 4.78. The Morgan fingerprint density at radius 2 is 2.54 bits per heavy atom. The molecule has 1 aliphatic heterocycles. The number of nitrogens with two attached hydrogens (primary N) is 1. The molecule has 0 aliphatic carbocycles. The molecule has 3 N–H and O–H groups in total. The van der Waals surface area contributed by atoms with Crippen molar-refractivity contribution in [3.05, 3.63) is 0 Å². The van der Waals surface area contributed by atoms with Crippen LogP contribution in [-0.4, -0.2) is 25.6 Å². The van der Waals surface area contributed by atoms with Gasteiger partial charge in [0.2, 0.25) is 0 Å². The molecule has 0 saturated carbocycles. The molecule has 1 fully saturated rings. The van der Waals surface area contributed by atoms with Gasteiger partial charge in [0, 0.05) is 19.1 Å². The fourth-order valence-electron chi connectivity index (χ4n) is 1.48. The van der Waals surface area contributed by atoms with Crippen LogP contribution in [0, 0.1) is 5.92 Å². The number of hydrogen-bond donors (Lipinski definition) is 2. The van der Waals surface area contributed by atoms with E-state index in [4.69, 9.17) is 10.6 Å². The largest absolute Gasteiger partial charge is 0.381 e. The Morgan fingerprint density at radius 3 is 3.08 bits per heavy atom. The summed E-state index contributed by atoms with van der Waals surface area (Å²) in [6.07, 6.45) is 3.29. The van der Waals surface area contributed by atoms with Crippen molar-refractivity contribution >= 4 is 5.84 Å². The first-order valence-electron chi connectivity index (χ1n) is 4.97. The van der Waals surface area contributed by atoms with E-state index in [9.17, 15) is 0 Å². The van der Waals surface area contributed by atoms with E-state index in [1.807, 2.05) is 0 Å². The average molecular weight is 185 g/mol. The normalized spacial score (nSPS) is 24.5. The van der Waals surface area contributed by atoms with Gasteiger partial charge in [-0.2, -0.15) is 0 Å². The Balaban J connectivity index is 2.43. The summed E-state index contributed by atoms with van der Waals surface area (Å²) in [7, 11) is 0. The molecule has 0 aromatic carbocycles. The Bertz CT molecular complexity index is 164. The van der Waals surface area contributed by atoms with Crippen LogP contribution < -0.4 is 11.3 Å². The predicted molar refractivity (Wildman–Crippen MR) is 53.5 cm³/mol. The summed E-state index contributed by atoms with van der Waals surface area (Å²) >= 11 is 0. The molecule has 1 saturated heterocycles. The first-order chi connectivity index (χ1) is 6.38. The van der Waals surface area contributed by atoms with Crippen LogP contribution in [0.15, 0.2) is 4.99 Å². The van der Waals surface area contributed by atoms with Gasteiger partial charge in [-0.15, -0.1) is 0 Å². The van der Waals surface area contributed by atoms with E-state index in [0.717, 1.165) is 44.9 Å². The maximum atomic E-state index is 5.41. The molecule has 0 spiro atoms. The molecule has 13 heavy (non-hydrogen) atoms. The second kappa shape index (κ2) is 5.94. The van der Waals surface area contributed by atoms with E-state index in [2.05, 4.69) is 17.3 Å². The smallest absolute Gasteiger partial charge is 0.116 e. The van der Waals surface area contributed by atoms with Crippen molar-refractivity contribution in [1.29, 1.82) is 0 Å². The van der Waals surface area contributed by atoms with Crippen LogP contribution in [0.25, 0.3) is 0 Å². The molecular weight excluding hydrogens is 166 g/mol. The number of amidine groups is 1. The highest BCUT2D eigenvalue weighted by atomic mass is 16.5. The SMILES string of the molecule is CCCN=C(NN)C1CCCOC1. The Morgan fingerprint density at radius 1 is 1.69 bits per heavy atom. The van der Waals surface area contributed by atoms with E-state index in [1.165, 1.54) is 0 Å². The van der Waals surface area contributed by atoms with Crippen LogP contribution in [0.3, 0.4) is 0 Å². The van der Waals surface area contributed by atoms with Crippen molar-refractivity contribution in [3.8, 4) is 0 Å². The number of hydrogen-bond acceptors (Lipinski definition) is 3. The van der Waals surface area contributed by atoms with Crippen LogP contribution in [0.2, 0.25) is 0 Å². The van der Waals surface area contributed by atoms with Gasteiger partial charge in [0.1, 0.15) is 5.84 Å². The fourth-order valence-corrected chi connectivity index (χ4v) is 1.48. The molecule has 0 aromatic heterocycles. The lowest BCUT2D eigenvalue weighted by Crippen LogP contribution is -2.39. The van der Waals surface area contributed by atoms with Crippen LogP contribution in [0.4, 0.5) is 0 Å². The lowest BCUT2D eigenvalue weighted by Gasteiger charge is -2.23. The molecule has 0 bridgehead atoms. The van der Waals surface area contributed by atoms with Gasteiger partial charge in [-0.05, 0) is 19.3 Å². The molecule has 1 aliphatic rings. The zero-order valence-electron chi connectivity index (χ0n) is 8.25. The maximum Gasteiger partial charge on any atom is 0.116 e. The summed E-state index contributed by atoms with van der Waals surface area (Å²) in [5.41, 5.74) is 2.68. The molecule has 1 unspecified atom stereocenters. The minimum absolute atomic E-state index is 0.380. The van der Waals surface area contributed by atoms with Crippen LogP contribution in [0.1, 0.15) is 26.2 Å². The third-order valence-electron chi connectivity index (χ3n) is 2.20. The first-order valence-corrected chi connectivity index (χ1v) is 4.97. The summed E-state index contributed by atoms with van der Waals surface area (Å²) in [5, 5.41) is 0. The molecule has 1 rings (SSSR count). The molecule has 1 heterocycles. The monoisotopic (exact) mass is 185 g/mol. The van der Waals surface area contributed by atoms with E-state index in [-0.39, 0.29) is 0 Å². The predicted octanol–water partition coefficient (Wildman–Crippen LogP) is 0.685. The van der Waals surface area contributed by atoms with Gasteiger partial charge in [-0.1, -0.05) is 6.92 Å². The van der Waals surface area contributed by atoms with Gasteiger partial charge in [0.25, 0.3) is 0 Å². The van der Waals surface area contributed by atoms with Crippen molar-refractivity contribution in [2.45, 2.75) is 26.2 Å². The lowest BCUT2D eigenvalue weighted by molar-refractivity contribution is 0.0758. The highest BCUT2D eigenvalue weighted by molar-refractivity contribution is 5.84. The van der Waals surface area contributed by atoms with Gasteiger partial charge >= 0.3 is 0 Å². The third-order valence-corrected chi connectivity index (χ3v) is 2.20. The lowest BCUT2D eigenvalue weighted by atomic mass is 10.0. The van der Waals surface area contributed by atoms with Crippen molar-refractivity contribution in [3.63, 3.8) is 0 Å². The summed E-state index contributed by atoms with van der Waals surface area (Å²) < 4.78 is 5.37. The number of rotatable bonds is 3. The quantitative estimate of drug-likeness (QED) is 0.294. The minimum atomic E-state index is 0.380. The standard InChI is InChI=1S/C9H19N3O/c1-2-5-11-9(12-10)8-4-3-6-13-7-8/h8H,2-7,10H2,1H3,(H,11,12). The van der Waals surface area contributed by atoms with Crippen LogP contribution in [0.5, 0.6) is 0 Å². The van der Waals surface area contributed by atoms with E-state index in [0.29, 0.717) is 5.92 Å². The zero-order valence-corrected chi connectivity index (χ0v) is 8.25. The van der Waals surface area contributed by atoms with Gasteiger partial charge in [-0.25, -0.2) is 5.84 Å². The van der Waals surface area contributed by atoms with Gasteiger partial charge in [0.15, 0.2) is 0 Å². The molecule has 4 nitrogen and oxygen atoms in total. The minimum Gasteiger partial charge on any atom is -0.381 e. The second-order valence-electron chi connectivity index (χ2n) is 3.33. The van der Waals surface area contributed by atoms with E-state index < -0.39 is 0 Å². The van der Waals surface area contributed by atoms with Gasteiger partial charge in [-0.3, -0.25) is 4.99 Å². The van der Waals surface area contributed by atoms with Gasteiger partial charge in [0.05, 0.1) is 6.61 Å². The molecular formula is C9H19N3O. The summed E-state index contributed by atoms with van der Waals surface area (Å²) in [5.74, 6) is 6.69. The number of ether oxygens (including phenoxy) is 1. The van der Waals surface area contributed by atoms with Gasteiger partial charge < -0.3 is 10.2 Å². The number of hydrazine groups is 1. The molecule has 1 atom stereocenters. The van der Waals surface area contributed by atoms with Crippen molar-refractivity contribution < 1.29 is 4.74 Å². The van der Waals surface area contributed by atoms with E-state index in [1.54, 1.807) is 0 Å². The van der Waals surface area contributed by atoms with Crippen molar-refractivity contribution in [2.75, 3.05) is 19.8 Å². The molecule has 4 heteroatoms. The summed E-state index contributed by atoms with van der Waals surface area (Å²) in [6.45, 7) is 4.58. The van der Waals surface area contributed by atoms with Crippen molar-refractivity contribution in [1.82, 2.24) is 5.43 Å². The molecule has 0 radical (unpaired) electrons. The zero-order chi connectivity index (χ0) is 9.52. The fraction of sp³-hybridized carbons (Fsp3) is 0.889. The van der Waals surface area contributed by atoms with E-state index >= 15 is 0 Å². The molecule has 0 aromatic rings. The first kappa shape index (κ1) is 10.5. The topological polar surface area (TPSA) is 59.6 Å². The third kappa shape index (κ3) is 3.32. The summed E-state index contributed by atoms with van der Waals surface area (Å²) in [4.78, 5) is 4.38. The number of nitrogens with one attached hydrogen (secondary N) is 1. The average Bonchev–Trinajstić information content (AvgIpc) is 2.21. The Labute approximate surface area is 79.5 Å². The second-order valence-corrected chi connectivity index (χ2v) is 3.33. The van der Waals surface area contributed by atoms with Crippen LogP contribution >= 0.6 is 0 Å². The molecule has 0 amide bonds. The summed E-state index contributed by atoms with van der Waals surface area (Å²) in [6, 6.07) is 0. The Hall–Kier alpha value is -0.610. The van der Waals surface area contributed by atoms with Crippen LogP contribution in [-0.2, 0) is 4.74 Å². The molecule has 76 valence electrons.